The van der Waals surface area contributed by atoms with Gasteiger partial charge in [0.2, 0.25) is 0 Å². The molecule has 0 amide bonds. The Balaban J connectivity index is 1.61. The van der Waals surface area contributed by atoms with Crippen LogP contribution in [-0.4, -0.2) is 81.7 Å². The normalized spacial score (nSPS) is 24.4. The third-order valence-corrected chi connectivity index (χ3v) is 10.3. The van der Waals surface area contributed by atoms with Crippen molar-refractivity contribution < 1.29 is 39.8 Å². The van der Waals surface area contributed by atoms with Gasteiger partial charge in [0.15, 0.2) is 0 Å². The van der Waals surface area contributed by atoms with Gasteiger partial charge in [0.05, 0.1) is 18.8 Å². The van der Waals surface area contributed by atoms with Crippen molar-refractivity contribution in [1.29, 1.82) is 0 Å². The third-order valence-electron chi connectivity index (χ3n) is 10.3. The highest BCUT2D eigenvalue weighted by Crippen LogP contribution is 2.48. The van der Waals surface area contributed by atoms with Gasteiger partial charge in [-0.3, -0.25) is 0 Å². The minimum Gasteiger partial charge on any atom is -0.493 e. The standard InChI is InChI=1S/C40H53NO8/c1-23(2)41-17-7-8-18-48-32-14-11-24(19-28(32)25-10-13-30-31(21-25)40(5,6)16-15-39(30,3)4)27-12-9-26(38(46)47)20-29(27)37-36(45)35(44)34(43)33(22-42)49-37/h9-14,19-21,23,33-37,41-45H,7-8,15-18,22H2,1-6H3,(H,46,47)/t33-,34-,35+,36-,37?/m1/s1. The summed E-state index contributed by atoms with van der Waals surface area (Å²) in [5, 5.41) is 55.2. The van der Waals surface area contributed by atoms with E-state index >= 15 is 0 Å². The molecule has 0 spiro atoms. The van der Waals surface area contributed by atoms with Crippen molar-refractivity contribution in [2.75, 3.05) is 19.8 Å². The number of hydrogen-bond acceptors (Lipinski definition) is 8. The molecule has 3 aromatic rings. The number of ether oxygens (including phenoxy) is 2. The topological polar surface area (TPSA) is 149 Å². The molecule has 5 rings (SSSR count). The van der Waals surface area contributed by atoms with E-state index in [-0.39, 0.29) is 16.4 Å². The average Bonchev–Trinajstić information content (AvgIpc) is 3.07. The van der Waals surface area contributed by atoms with E-state index < -0.39 is 43.1 Å². The van der Waals surface area contributed by atoms with Gasteiger partial charge in [-0.15, -0.1) is 0 Å². The summed E-state index contributed by atoms with van der Waals surface area (Å²) in [6.07, 6.45) is -3.04. The van der Waals surface area contributed by atoms with E-state index in [1.54, 1.807) is 6.07 Å². The Labute approximate surface area is 289 Å². The van der Waals surface area contributed by atoms with Gasteiger partial charge in [0.1, 0.15) is 36.3 Å². The Morgan fingerprint density at radius 1 is 0.857 bits per heavy atom. The molecule has 1 aliphatic heterocycles. The van der Waals surface area contributed by atoms with Crippen molar-refractivity contribution in [2.45, 2.75) is 115 Å². The predicted octanol–water partition coefficient (Wildman–Crippen LogP) is 5.74. The molecular formula is C40H53NO8. The molecule has 9 nitrogen and oxygen atoms in total. The summed E-state index contributed by atoms with van der Waals surface area (Å²) in [5.74, 6) is -0.435. The zero-order chi connectivity index (χ0) is 35.7. The summed E-state index contributed by atoms with van der Waals surface area (Å²) < 4.78 is 12.4. The molecule has 0 aromatic heterocycles. The van der Waals surface area contributed by atoms with Crippen LogP contribution < -0.4 is 10.1 Å². The molecule has 266 valence electrons. The lowest BCUT2D eigenvalue weighted by molar-refractivity contribution is -0.231. The fourth-order valence-corrected chi connectivity index (χ4v) is 7.16. The lowest BCUT2D eigenvalue weighted by Gasteiger charge is -2.42. The maximum absolute atomic E-state index is 12.0. The van der Waals surface area contributed by atoms with Crippen LogP contribution in [0.3, 0.4) is 0 Å². The maximum Gasteiger partial charge on any atom is 0.335 e. The first-order chi connectivity index (χ1) is 23.1. The Morgan fingerprint density at radius 2 is 1.53 bits per heavy atom. The van der Waals surface area contributed by atoms with Crippen molar-refractivity contribution in [1.82, 2.24) is 5.32 Å². The number of carboxylic acids is 1. The molecule has 49 heavy (non-hydrogen) atoms. The number of aromatic carboxylic acids is 1. The lowest BCUT2D eigenvalue weighted by Crippen LogP contribution is -2.55. The van der Waals surface area contributed by atoms with Gasteiger partial charge >= 0.3 is 5.97 Å². The quantitative estimate of drug-likeness (QED) is 0.132. The largest absolute Gasteiger partial charge is 0.493 e. The van der Waals surface area contributed by atoms with Crippen LogP contribution in [0, 0.1) is 0 Å². The molecule has 1 unspecified atom stereocenters. The molecule has 1 heterocycles. The number of fused-ring (bicyclic) bond motifs is 1. The number of carboxylic acid groups (broad SMARTS) is 1. The molecule has 1 saturated heterocycles. The Hall–Kier alpha value is -3.31. The van der Waals surface area contributed by atoms with Crippen LogP contribution in [0.2, 0.25) is 0 Å². The van der Waals surface area contributed by atoms with Crippen LogP contribution in [0.15, 0.2) is 54.6 Å². The predicted molar refractivity (Wildman–Crippen MR) is 190 cm³/mol. The van der Waals surface area contributed by atoms with Crippen molar-refractivity contribution >= 4 is 5.97 Å². The van der Waals surface area contributed by atoms with Gasteiger partial charge in [-0.05, 0) is 101 Å². The highest BCUT2D eigenvalue weighted by atomic mass is 16.5. The zero-order valence-electron chi connectivity index (χ0n) is 29.6. The molecular weight excluding hydrogens is 622 g/mol. The van der Waals surface area contributed by atoms with E-state index in [1.807, 2.05) is 18.2 Å². The molecule has 0 saturated carbocycles. The Bertz CT molecular complexity index is 1630. The van der Waals surface area contributed by atoms with Gasteiger partial charge in [0, 0.05) is 11.6 Å². The Kier molecular flexibility index (Phi) is 11.2. The summed E-state index contributed by atoms with van der Waals surface area (Å²) in [5.41, 5.74) is 6.19. The number of rotatable bonds is 12. The fraction of sp³-hybridized carbons (Fsp3) is 0.525. The van der Waals surface area contributed by atoms with Crippen LogP contribution in [0.5, 0.6) is 5.75 Å². The number of unbranched alkanes of at least 4 members (excludes halogenated alkanes) is 1. The van der Waals surface area contributed by atoms with Crippen LogP contribution in [0.25, 0.3) is 22.3 Å². The Morgan fingerprint density at radius 3 is 2.20 bits per heavy atom. The zero-order valence-corrected chi connectivity index (χ0v) is 29.6. The fourth-order valence-electron chi connectivity index (χ4n) is 7.16. The summed E-state index contributed by atoms with van der Waals surface area (Å²) in [6, 6.07) is 17.5. The van der Waals surface area contributed by atoms with Crippen molar-refractivity contribution in [2.24, 2.45) is 0 Å². The van der Waals surface area contributed by atoms with Gasteiger partial charge in [-0.2, -0.15) is 0 Å². The first-order valence-corrected chi connectivity index (χ1v) is 17.5. The van der Waals surface area contributed by atoms with Crippen LogP contribution in [0.1, 0.15) is 100 Å². The first kappa shape index (κ1) is 37.0. The summed E-state index contributed by atoms with van der Waals surface area (Å²) in [6.45, 7) is 14.3. The molecule has 3 aromatic carbocycles. The first-order valence-electron chi connectivity index (χ1n) is 17.5. The van der Waals surface area contributed by atoms with Gasteiger partial charge in [-0.1, -0.05) is 71.9 Å². The highest BCUT2D eigenvalue weighted by Gasteiger charge is 2.45. The summed E-state index contributed by atoms with van der Waals surface area (Å²) >= 11 is 0. The van der Waals surface area contributed by atoms with E-state index in [2.05, 4.69) is 65.1 Å². The van der Waals surface area contributed by atoms with Crippen LogP contribution in [0.4, 0.5) is 0 Å². The summed E-state index contributed by atoms with van der Waals surface area (Å²) in [4.78, 5) is 12.0. The molecule has 2 aliphatic rings. The maximum atomic E-state index is 12.0. The number of carbonyl (C=O) groups is 1. The van der Waals surface area contributed by atoms with Crippen molar-refractivity contribution in [3.8, 4) is 28.0 Å². The minimum atomic E-state index is -1.61. The van der Waals surface area contributed by atoms with Crippen molar-refractivity contribution in [3.63, 3.8) is 0 Å². The molecule has 0 bridgehead atoms. The molecule has 9 heteroatoms. The number of benzene rings is 3. The van der Waals surface area contributed by atoms with Gasteiger partial charge in [-0.25, -0.2) is 4.79 Å². The van der Waals surface area contributed by atoms with Gasteiger partial charge in [0.25, 0.3) is 0 Å². The summed E-state index contributed by atoms with van der Waals surface area (Å²) in [7, 11) is 0. The average molecular weight is 676 g/mol. The van der Waals surface area contributed by atoms with Crippen molar-refractivity contribution in [3.05, 3.63) is 76.9 Å². The SMILES string of the molecule is CC(C)NCCCCOc1ccc(-c2ccc(C(=O)O)cc2C2O[C@H](CO)[C@@H](O)[C@H](O)[C@H]2O)cc1-c1ccc2c(c1)C(C)(C)CCC2(C)C. The lowest BCUT2D eigenvalue weighted by atomic mass is 9.63. The van der Waals surface area contributed by atoms with E-state index in [1.165, 1.54) is 23.3 Å². The van der Waals surface area contributed by atoms with Crippen LogP contribution in [-0.2, 0) is 15.6 Å². The molecule has 5 atom stereocenters. The molecule has 1 fully saturated rings. The van der Waals surface area contributed by atoms with E-state index in [4.69, 9.17) is 9.47 Å². The number of nitrogens with one attached hydrogen (secondary N) is 1. The smallest absolute Gasteiger partial charge is 0.335 e. The van der Waals surface area contributed by atoms with E-state index in [9.17, 15) is 30.3 Å². The molecule has 0 radical (unpaired) electrons. The molecule has 6 N–H and O–H groups in total. The number of aliphatic hydroxyl groups is 4. The third kappa shape index (κ3) is 7.88. The van der Waals surface area contributed by atoms with Gasteiger partial charge < -0.3 is 40.3 Å². The molecule has 1 aliphatic carbocycles. The second-order valence-corrected chi connectivity index (χ2v) is 15.3. The second kappa shape index (κ2) is 14.9. The number of aliphatic hydroxyl groups excluding tert-OH is 4. The monoisotopic (exact) mass is 675 g/mol. The highest BCUT2D eigenvalue weighted by molar-refractivity contribution is 5.89. The second-order valence-electron chi connectivity index (χ2n) is 15.3. The van der Waals surface area contributed by atoms with E-state index in [0.717, 1.165) is 54.7 Å². The number of hydrogen-bond donors (Lipinski definition) is 6. The minimum absolute atomic E-state index is 0.00809. The van der Waals surface area contributed by atoms with E-state index in [0.29, 0.717) is 23.8 Å². The van der Waals surface area contributed by atoms with Crippen LogP contribution >= 0.6 is 0 Å².